The van der Waals surface area contributed by atoms with Gasteiger partial charge in [-0.15, -0.1) is 0 Å². The van der Waals surface area contributed by atoms with Gasteiger partial charge in [0.05, 0.1) is 0 Å². The van der Waals surface area contributed by atoms with Gasteiger partial charge in [-0.2, -0.15) is 0 Å². The van der Waals surface area contributed by atoms with E-state index >= 15 is 0 Å². The highest BCUT2D eigenvalue weighted by molar-refractivity contribution is 5.92. The molecule has 3 heterocycles. The van der Waals surface area contributed by atoms with E-state index < -0.39 is 5.60 Å². The number of aromatic nitrogens is 1. The summed E-state index contributed by atoms with van der Waals surface area (Å²) in [5.41, 5.74) is 0.316. The highest BCUT2D eigenvalue weighted by Crippen LogP contribution is 2.28. The first kappa shape index (κ1) is 22.7. The zero-order valence-electron chi connectivity index (χ0n) is 19.2. The molecule has 0 bridgehead atoms. The van der Waals surface area contributed by atoms with Crippen molar-refractivity contribution in [2.45, 2.75) is 84.3 Å². The summed E-state index contributed by atoms with van der Waals surface area (Å²) in [6.45, 7) is 11.0. The van der Waals surface area contributed by atoms with Crippen molar-refractivity contribution in [3.05, 3.63) is 24.0 Å². The second-order valence-corrected chi connectivity index (χ2v) is 9.88. The topological polar surface area (TPSA) is 54.8 Å². The molecule has 1 unspecified atom stereocenters. The summed E-state index contributed by atoms with van der Waals surface area (Å²) < 4.78 is 7.64. The molecule has 2 amide bonds. The van der Waals surface area contributed by atoms with E-state index in [2.05, 4.69) is 16.4 Å². The molecule has 0 aliphatic carbocycles. The van der Waals surface area contributed by atoms with Crippen molar-refractivity contribution in [2.75, 3.05) is 26.2 Å². The Balaban J connectivity index is 1.59. The molecule has 0 aromatic carbocycles. The van der Waals surface area contributed by atoms with Gasteiger partial charge in [0.2, 0.25) is 0 Å². The monoisotopic (exact) mass is 417 g/mol. The van der Waals surface area contributed by atoms with Crippen LogP contribution in [0.25, 0.3) is 0 Å². The Morgan fingerprint density at radius 1 is 1.03 bits per heavy atom. The lowest BCUT2D eigenvalue weighted by Crippen LogP contribution is -2.42. The number of carbonyl (C=O) groups excluding carboxylic acids is 2. The van der Waals surface area contributed by atoms with Gasteiger partial charge in [0.1, 0.15) is 11.3 Å². The van der Waals surface area contributed by atoms with Crippen LogP contribution in [0.3, 0.4) is 0 Å². The van der Waals surface area contributed by atoms with Crippen molar-refractivity contribution >= 4 is 12.0 Å². The third kappa shape index (κ3) is 5.79. The number of amides is 2. The van der Waals surface area contributed by atoms with E-state index in [9.17, 15) is 9.59 Å². The average molecular weight is 418 g/mol. The minimum atomic E-state index is -0.475. The van der Waals surface area contributed by atoms with Gasteiger partial charge in [-0.25, -0.2) is 4.79 Å². The van der Waals surface area contributed by atoms with Crippen molar-refractivity contribution in [1.29, 1.82) is 0 Å². The van der Waals surface area contributed by atoms with E-state index in [0.29, 0.717) is 13.1 Å². The van der Waals surface area contributed by atoms with Gasteiger partial charge in [0.25, 0.3) is 5.91 Å². The van der Waals surface area contributed by atoms with Crippen LogP contribution in [0.5, 0.6) is 0 Å². The fourth-order valence-corrected chi connectivity index (χ4v) is 4.77. The van der Waals surface area contributed by atoms with Gasteiger partial charge in [0, 0.05) is 38.4 Å². The maximum atomic E-state index is 13.3. The van der Waals surface area contributed by atoms with E-state index in [0.717, 1.165) is 50.4 Å². The molecule has 1 atom stereocenters. The van der Waals surface area contributed by atoms with Crippen LogP contribution >= 0.6 is 0 Å². The number of nitrogens with zero attached hydrogens (tertiary/aromatic N) is 3. The number of carbonyl (C=O) groups is 2. The Morgan fingerprint density at radius 2 is 1.73 bits per heavy atom. The predicted molar refractivity (Wildman–Crippen MR) is 119 cm³/mol. The first-order valence-electron chi connectivity index (χ1n) is 11.7. The molecule has 2 aliphatic heterocycles. The predicted octanol–water partition coefficient (Wildman–Crippen LogP) is 5.10. The number of hydrogen-bond donors (Lipinski definition) is 0. The second-order valence-electron chi connectivity index (χ2n) is 9.88. The zero-order chi connectivity index (χ0) is 21.7. The quantitative estimate of drug-likeness (QED) is 0.685. The third-order valence-electron chi connectivity index (χ3n) is 6.34. The van der Waals surface area contributed by atoms with E-state index in [4.69, 9.17) is 4.74 Å². The first-order chi connectivity index (χ1) is 14.3. The minimum Gasteiger partial charge on any atom is -0.444 e. The Morgan fingerprint density at radius 3 is 2.40 bits per heavy atom. The molecule has 0 saturated carbocycles. The van der Waals surface area contributed by atoms with Crippen LogP contribution in [0.1, 0.15) is 89.2 Å². The fraction of sp³-hybridized carbons (Fsp3) is 0.750. The van der Waals surface area contributed by atoms with Crippen molar-refractivity contribution in [2.24, 2.45) is 5.92 Å². The molecular formula is C24H39N3O3. The molecule has 1 aromatic rings. The van der Waals surface area contributed by atoms with Gasteiger partial charge in [-0.3, -0.25) is 4.79 Å². The molecule has 1 aromatic heterocycles. The Hall–Kier alpha value is -1.98. The minimum absolute atomic E-state index is 0.159. The summed E-state index contributed by atoms with van der Waals surface area (Å²) in [6, 6.07) is 4.18. The summed E-state index contributed by atoms with van der Waals surface area (Å²) in [5, 5.41) is 0. The molecule has 2 aliphatic rings. The number of rotatable bonds is 4. The van der Waals surface area contributed by atoms with Gasteiger partial charge in [-0.1, -0.05) is 19.8 Å². The van der Waals surface area contributed by atoms with E-state index in [1.165, 1.54) is 19.3 Å². The number of hydrogen-bond acceptors (Lipinski definition) is 3. The molecule has 6 nitrogen and oxygen atoms in total. The number of likely N-dealkylation sites (tertiary alicyclic amines) is 2. The zero-order valence-corrected chi connectivity index (χ0v) is 19.2. The summed E-state index contributed by atoms with van der Waals surface area (Å²) >= 11 is 0. The largest absolute Gasteiger partial charge is 0.444 e. The van der Waals surface area contributed by atoms with Crippen LogP contribution in [0.4, 0.5) is 4.79 Å². The molecule has 0 spiro atoms. The normalized spacial score (nSPS) is 21.4. The summed E-state index contributed by atoms with van der Waals surface area (Å²) in [6.07, 6.45) is 9.42. The van der Waals surface area contributed by atoms with Gasteiger partial charge in [-0.05, 0) is 70.9 Å². The van der Waals surface area contributed by atoms with Crippen LogP contribution < -0.4 is 0 Å². The van der Waals surface area contributed by atoms with Gasteiger partial charge in [0.15, 0.2) is 0 Å². The Bertz CT molecular complexity index is 714. The molecule has 30 heavy (non-hydrogen) atoms. The number of piperidine rings is 1. The van der Waals surface area contributed by atoms with Crippen molar-refractivity contribution in [3.63, 3.8) is 0 Å². The summed E-state index contributed by atoms with van der Waals surface area (Å²) in [5.74, 6) is 0.920. The first-order valence-corrected chi connectivity index (χ1v) is 11.7. The molecule has 6 heteroatoms. The maximum Gasteiger partial charge on any atom is 0.410 e. The SMILES string of the molecule is CCCC1CCCN(C(=O)c2cccn2C2CCN(C(=O)OC(C)(C)C)CC2)CC1. The highest BCUT2D eigenvalue weighted by atomic mass is 16.6. The highest BCUT2D eigenvalue weighted by Gasteiger charge is 2.30. The van der Waals surface area contributed by atoms with Crippen molar-refractivity contribution < 1.29 is 14.3 Å². The fourth-order valence-electron chi connectivity index (χ4n) is 4.77. The van der Waals surface area contributed by atoms with E-state index in [-0.39, 0.29) is 18.0 Å². The average Bonchev–Trinajstić information content (AvgIpc) is 3.07. The molecule has 168 valence electrons. The molecule has 2 fully saturated rings. The van der Waals surface area contributed by atoms with Crippen LogP contribution in [0.2, 0.25) is 0 Å². The lowest BCUT2D eigenvalue weighted by molar-refractivity contribution is 0.0186. The van der Waals surface area contributed by atoms with Crippen LogP contribution in [0.15, 0.2) is 18.3 Å². The molecular weight excluding hydrogens is 378 g/mol. The smallest absolute Gasteiger partial charge is 0.410 e. The van der Waals surface area contributed by atoms with E-state index in [1.54, 1.807) is 4.90 Å². The lowest BCUT2D eigenvalue weighted by Gasteiger charge is -2.35. The van der Waals surface area contributed by atoms with Crippen LogP contribution in [0, 0.1) is 5.92 Å². The Labute approximate surface area is 181 Å². The van der Waals surface area contributed by atoms with Crippen LogP contribution in [-0.4, -0.2) is 58.1 Å². The summed E-state index contributed by atoms with van der Waals surface area (Å²) in [4.78, 5) is 29.5. The summed E-state index contributed by atoms with van der Waals surface area (Å²) in [7, 11) is 0. The van der Waals surface area contributed by atoms with Crippen LogP contribution in [-0.2, 0) is 4.74 Å². The molecule has 3 rings (SSSR count). The van der Waals surface area contributed by atoms with E-state index in [1.807, 2.05) is 39.1 Å². The second kappa shape index (κ2) is 9.88. The molecule has 0 N–H and O–H groups in total. The Kier molecular flexibility index (Phi) is 7.48. The third-order valence-corrected chi connectivity index (χ3v) is 6.34. The van der Waals surface area contributed by atoms with Gasteiger partial charge < -0.3 is 19.1 Å². The standard InChI is InChI=1S/C24H39N3O3/c1-5-8-19-9-6-14-25(16-11-19)22(28)21-10-7-15-27(21)20-12-17-26(18-13-20)23(29)30-24(2,3)4/h7,10,15,19-20H,5-6,8-9,11-14,16-18H2,1-4H3. The van der Waals surface area contributed by atoms with Crippen molar-refractivity contribution in [1.82, 2.24) is 14.4 Å². The lowest BCUT2D eigenvalue weighted by atomic mass is 9.96. The number of ether oxygens (including phenoxy) is 1. The van der Waals surface area contributed by atoms with Gasteiger partial charge >= 0.3 is 6.09 Å². The molecule has 2 saturated heterocycles. The maximum absolute atomic E-state index is 13.3. The van der Waals surface area contributed by atoms with Crippen molar-refractivity contribution in [3.8, 4) is 0 Å². The molecule has 0 radical (unpaired) electrons.